The van der Waals surface area contributed by atoms with Gasteiger partial charge >= 0.3 is 0 Å². The molecule has 2 rings (SSSR count). The first-order chi connectivity index (χ1) is 8.15. The molecule has 0 radical (unpaired) electrons. The second-order valence-electron chi connectivity index (χ2n) is 5.27. The van der Waals surface area contributed by atoms with Crippen molar-refractivity contribution in [2.75, 3.05) is 13.1 Å². The Morgan fingerprint density at radius 3 is 2.88 bits per heavy atom. The molecule has 0 aromatic heterocycles. The van der Waals surface area contributed by atoms with Gasteiger partial charge in [-0.3, -0.25) is 0 Å². The Labute approximate surface area is 104 Å². The topological polar surface area (TPSA) is 32.3 Å². The van der Waals surface area contributed by atoms with Crippen LogP contribution in [0.25, 0.3) is 0 Å². The fraction of sp³-hybridized carbons (Fsp3) is 0.600. The Bertz CT molecular complexity index is 377. The minimum atomic E-state index is -0.522. The highest BCUT2D eigenvalue weighted by Crippen LogP contribution is 2.31. The smallest absolute Gasteiger partial charge is 0.0740 e. The van der Waals surface area contributed by atoms with Crippen LogP contribution in [0.2, 0.25) is 0 Å². The predicted octanol–water partition coefficient (Wildman–Crippen LogP) is 2.29. The van der Waals surface area contributed by atoms with E-state index in [4.69, 9.17) is 0 Å². The molecule has 2 N–H and O–H groups in total. The van der Waals surface area contributed by atoms with Gasteiger partial charge in [-0.15, -0.1) is 0 Å². The first-order valence-electron chi connectivity index (χ1n) is 6.63. The molecule has 1 aromatic carbocycles. The van der Waals surface area contributed by atoms with Crippen molar-refractivity contribution in [1.82, 2.24) is 5.32 Å². The van der Waals surface area contributed by atoms with Crippen molar-refractivity contribution in [3.8, 4) is 0 Å². The van der Waals surface area contributed by atoms with Crippen LogP contribution >= 0.6 is 0 Å². The minimum absolute atomic E-state index is 0.371. The summed E-state index contributed by atoms with van der Waals surface area (Å²) in [5.41, 5.74) is 2.05. The molecule has 0 bridgehead atoms. The first kappa shape index (κ1) is 12.6. The molecule has 94 valence electrons. The number of rotatable bonds is 3. The maximum atomic E-state index is 10.9. The second-order valence-corrected chi connectivity index (χ2v) is 5.27. The Kier molecular flexibility index (Phi) is 3.85. The van der Waals surface area contributed by atoms with Gasteiger partial charge in [-0.1, -0.05) is 31.2 Å². The molecule has 17 heavy (non-hydrogen) atoms. The van der Waals surface area contributed by atoms with Crippen LogP contribution in [0.3, 0.4) is 0 Å². The van der Waals surface area contributed by atoms with Gasteiger partial charge in [-0.05, 0) is 37.4 Å². The molecular weight excluding hydrogens is 210 g/mol. The lowest BCUT2D eigenvalue weighted by molar-refractivity contribution is -0.0415. The molecule has 1 aliphatic heterocycles. The molecule has 2 heteroatoms. The molecule has 0 saturated carbocycles. The number of aryl methyl sites for hydroxylation is 1. The molecule has 1 aromatic rings. The quantitative estimate of drug-likeness (QED) is 0.839. The lowest BCUT2D eigenvalue weighted by Crippen LogP contribution is -2.51. The molecule has 1 aliphatic rings. The van der Waals surface area contributed by atoms with Gasteiger partial charge in [0.15, 0.2) is 0 Å². The van der Waals surface area contributed by atoms with Gasteiger partial charge in [0.25, 0.3) is 0 Å². The van der Waals surface area contributed by atoms with Crippen molar-refractivity contribution in [1.29, 1.82) is 0 Å². The molecule has 2 nitrogen and oxygen atoms in total. The van der Waals surface area contributed by atoms with Crippen LogP contribution < -0.4 is 5.32 Å². The number of hydrogen-bond acceptors (Lipinski definition) is 2. The Morgan fingerprint density at radius 1 is 1.41 bits per heavy atom. The van der Waals surface area contributed by atoms with Crippen molar-refractivity contribution in [3.05, 3.63) is 35.4 Å². The minimum Gasteiger partial charge on any atom is -0.389 e. The van der Waals surface area contributed by atoms with Gasteiger partial charge in [-0.25, -0.2) is 0 Å². The van der Waals surface area contributed by atoms with E-state index < -0.39 is 5.60 Å². The van der Waals surface area contributed by atoms with E-state index in [0.717, 1.165) is 32.4 Å². The van der Waals surface area contributed by atoms with Gasteiger partial charge in [-0.2, -0.15) is 0 Å². The fourth-order valence-corrected chi connectivity index (χ4v) is 2.87. The van der Waals surface area contributed by atoms with E-state index in [1.807, 2.05) is 0 Å². The normalized spacial score (nSPS) is 29.2. The van der Waals surface area contributed by atoms with Crippen LogP contribution in [0.1, 0.15) is 30.9 Å². The van der Waals surface area contributed by atoms with Crippen molar-refractivity contribution < 1.29 is 5.11 Å². The van der Waals surface area contributed by atoms with E-state index in [2.05, 4.69) is 43.4 Å². The highest BCUT2D eigenvalue weighted by molar-refractivity contribution is 5.27. The third-order valence-corrected chi connectivity index (χ3v) is 4.14. The van der Waals surface area contributed by atoms with Crippen LogP contribution in [0.4, 0.5) is 0 Å². The summed E-state index contributed by atoms with van der Waals surface area (Å²) in [6, 6.07) is 8.39. The summed E-state index contributed by atoms with van der Waals surface area (Å²) in [5.74, 6) is 0.371. The average Bonchev–Trinajstić information content (AvgIpc) is 2.32. The van der Waals surface area contributed by atoms with Crippen molar-refractivity contribution in [2.45, 2.75) is 38.7 Å². The molecule has 0 spiro atoms. The maximum Gasteiger partial charge on any atom is 0.0740 e. The zero-order valence-corrected chi connectivity index (χ0v) is 10.9. The number of piperidine rings is 1. The molecule has 1 heterocycles. The van der Waals surface area contributed by atoms with E-state index in [1.54, 1.807) is 0 Å². The highest BCUT2D eigenvalue weighted by Gasteiger charge is 2.37. The van der Waals surface area contributed by atoms with Gasteiger partial charge in [0.2, 0.25) is 0 Å². The van der Waals surface area contributed by atoms with Gasteiger partial charge in [0, 0.05) is 18.9 Å². The van der Waals surface area contributed by atoms with Crippen molar-refractivity contribution >= 4 is 0 Å². The van der Waals surface area contributed by atoms with Crippen molar-refractivity contribution in [2.24, 2.45) is 5.92 Å². The van der Waals surface area contributed by atoms with E-state index in [1.165, 1.54) is 11.1 Å². The number of aliphatic hydroxyl groups is 1. The largest absolute Gasteiger partial charge is 0.389 e. The van der Waals surface area contributed by atoms with Crippen LogP contribution in [0, 0.1) is 12.8 Å². The highest BCUT2D eigenvalue weighted by atomic mass is 16.3. The summed E-state index contributed by atoms with van der Waals surface area (Å²) in [6.45, 7) is 6.17. The van der Waals surface area contributed by atoms with E-state index in [-0.39, 0.29) is 0 Å². The molecule has 2 unspecified atom stereocenters. The summed E-state index contributed by atoms with van der Waals surface area (Å²) in [5, 5.41) is 14.3. The molecule has 0 aliphatic carbocycles. The molecular formula is C15H23NO. The molecule has 2 atom stereocenters. The second kappa shape index (κ2) is 5.19. The standard InChI is InChI=1S/C15H23NO/c1-3-14-11-16-9-8-15(14,17)10-13-7-5-4-6-12(13)2/h4-7,14,16-17H,3,8-11H2,1-2H3. The van der Waals surface area contributed by atoms with Crippen LogP contribution in [-0.4, -0.2) is 23.8 Å². The van der Waals surface area contributed by atoms with E-state index in [0.29, 0.717) is 5.92 Å². The van der Waals surface area contributed by atoms with E-state index in [9.17, 15) is 5.11 Å². The van der Waals surface area contributed by atoms with Crippen LogP contribution in [0.5, 0.6) is 0 Å². The monoisotopic (exact) mass is 233 g/mol. The third-order valence-electron chi connectivity index (χ3n) is 4.14. The summed E-state index contributed by atoms with van der Waals surface area (Å²) >= 11 is 0. The summed E-state index contributed by atoms with van der Waals surface area (Å²) in [7, 11) is 0. The first-order valence-corrected chi connectivity index (χ1v) is 6.63. The van der Waals surface area contributed by atoms with Crippen molar-refractivity contribution in [3.63, 3.8) is 0 Å². The average molecular weight is 233 g/mol. The molecule has 0 amide bonds. The molecule has 1 fully saturated rings. The lowest BCUT2D eigenvalue weighted by atomic mass is 9.75. The summed E-state index contributed by atoms with van der Waals surface area (Å²) in [4.78, 5) is 0. The lowest BCUT2D eigenvalue weighted by Gasteiger charge is -2.40. The Hall–Kier alpha value is -0.860. The van der Waals surface area contributed by atoms with Crippen LogP contribution in [-0.2, 0) is 6.42 Å². The van der Waals surface area contributed by atoms with Gasteiger partial charge in [0.05, 0.1) is 5.60 Å². The van der Waals surface area contributed by atoms with Gasteiger partial charge < -0.3 is 10.4 Å². The maximum absolute atomic E-state index is 10.9. The Morgan fingerprint density at radius 2 is 2.18 bits per heavy atom. The molecule has 1 saturated heterocycles. The zero-order valence-electron chi connectivity index (χ0n) is 10.9. The SMILES string of the molecule is CCC1CNCCC1(O)Cc1ccccc1C. The Balaban J connectivity index is 2.18. The van der Waals surface area contributed by atoms with Gasteiger partial charge in [0.1, 0.15) is 0 Å². The fourth-order valence-electron chi connectivity index (χ4n) is 2.87. The zero-order chi connectivity index (χ0) is 12.3. The third kappa shape index (κ3) is 2.70. The number of hydrogen-bond donors (Lipinski definition) is 2. The number of nitrogens with one attached hydrogen (secondary N) is 1. The number of benzene rings is 1. The summed E-state index contributed by atoms with van der Waals surface area (Å²) in [6.07, 6.45) is 2.69. The predicted molar refractivity (Wildman–Crippen MR) is 71.1 cm³/mol. The van der Waals surface area contributed by atoms with E-state index >= 15 is 0 Å². The summed E-state index contributed by atoms with van der Waals surface area (Å²) < 4.78 is 0. The van der Waals surface area contributed by atoms with Crippen LogP contribution in [0.15, 0.2) is 24.3 Å².